The van der Waals surface area contributed by atoms with Crippen molar-refractivity contribution in [3.8, 4) is 5.88 Å². The lowest BCUT2D eigenvalue weighted by atomic mass is 10.3. The normalized spacial score (nSPS) is 11.0. The summed E-state index contributed by atoms with van der Waals surface area (Å²) in [6, 6.07) is 3.52. The van der Waals surface area contributed by atoms with Crippen molar-refractivity contribution in [2.75, 3.05) is 33.3 Å². The lowest BCUT2D eigenvalue weighted by molar-refractivity contribution is 0.0945. The molecule has 2 heterocycles. The van der Waals surface area contributed by atoms with Crippen molar-refractivity contribution >= 4 is 16.9 Å². The SMILES string of the molecule is CCN(CC)CCNC(=O)c1n[nH]c2ccc(OC)nc12. The molecule has 114 valence electrons. The minimum atomic E-state index is -0.228. The fourth-order valence-corrected chi connectivity index (χ4v) is 2.10. The summed E-state index contributed by atoms with van der Waals surface area (Å²) >= 11 is 0. The molecule has 2 N–H and O–H groups in total. The molecule has 0 aliphatic rings. The molecule has 7 nitrogen and oxygen atoms in total. The molecule has 0 fully saturated rings. The molecule has 0 aliphatic carbocycles. The number of hydrogen-bond acceptors (Lipinski definition) is 5. The molecule has 0 aromatic carbocycles. The number of methoxy groups -OCH3 is 1. The van der Waals surface area contributed by atoms with Gasteiger partial charge in [-0.1, -0.05) is 13.8 Å². The zero-order chi connectivity index (χ0) is 15.2. The number of amides is 1. The second-order valence-electron chi connectivity index (χ2n) is 4.60. The highest BCUT2D eigenvalue weighted by atomic mass is 16.5. The first-order chi connectivity index (χ1) is 10.2. The van der Waals surface area contributed by atoms with E-state index in [1.54, 1.807) is 12.1 Å². The van der Waals surface area contributed by atoms with Gasteiger partial charge in [-0.05, 0) is 19.2 Å². The highest BCUT2D eigenvalue weighted by Gasteiger charge is 2.16. The van der Waals surface area contributed by atoms with Crippen molar-refractivity contribution in [1.82, 2.24) is 25.4 Å². The standard InChI is InChI=1S/C14H21N5O2/c1-4-19(5-2)9-8-15-14(20)13-12-10(17-18-13)6-7-11(16-12)21-3/h6-7H,4-5,8-9H2,1-3H3,(H,15,20)(H,17,18). The molecule has 0 saturated heterocycles. The Balaban J connectivity index is 2.05. The number of fused-ring (bicyclic) bond motifs is 1. The zero-order valence-electron chi connectivity index (χ0n) is 12.6. The lowest BCUT2D eigenvalue weighted by Crippen LogP contribution is -2.35. The Bertz CT molecular complexity index is 606. The van der Waals surface area contributed by atoms with Gasteiger partial charge in [0.2, 0.25) is 5.88 Å². The molecule has 0 unspecified atom stereocenters. The fourth-order valence-electron chi connectivity index (χ4n) is 2.10. The Kier molecular flexibility index (Phi) is 5.10. The number of carbonyl (C=O) groups excluding carboxylic acids is 1. The predicted octanol–water partition coefficient (Wildman–Crippen LogP) is 1.04. The maximum atomic E-state index is 12.2. The van der Waals surface area contributed by atoms with Crippen LogP contribution < -0.4 is 10.1 Å². The highest BCUT2D eigenvalue weighted by Crippen LogP contribution is 2.17. The average molecular weight is 291 g/mol. The number of H-pyrrole nitrogens is 1. The number of likely N-dealkylation sites (N-methyl/N-ethyl adjacent to an activating group) is 1. The van der Waals surface area contributed by atoms with E-state index in [-0.39, 0.29) is 5.91 Å². The van der Waals surface area contributed by atoms with E-state index < -0.39 is 0 Å². The number of rotatable bonds is 7. The Hall–Kier alpha value is -2.15. The van der Waals surface area contributed by atoms with Crippen molar-refractivity contribution in [2.24, 2.45) is 0 Å². The minimum absolute atomic E-state index is 0.228. The molecular weight excluding hydrogens is 270 g/mol. The number of ether oxygens (including phenoxy) is 1. The van der Waals surface area contributed by atoms with Gasteiger partial charge in [-0.2, -0.15) is 5.10 Å². The summed E-state index contributed by atoms with van der Waals surface area (Å²) in [6.45, 7) is 7.54. The molecule has 2 aromatic rings. The van der Waals surface area contributed by atoms with Crippen molar-refractivity contribution in [3.63, 3.8) is 0 Å². The molecule has 0 saturated carbocycles. The van der Waals surface area contributed by atoms with Crippen LogP contribution in [0.5, 0.6) is 5.88 Å². The van der Waals surface area contributed by atoms with Gasteiger partial charge < -0.3 is 15.0 Å². The van der Waals surface area contributed by atoms with Crippen LogP contribution in [0.15, 0.2) is 12.1 Å². The van der Waals surface area contributed by atoms with Gasteiger partial charge in [0, 0.05) is 19.2 Å². The van der Waals surface area contributed by atoms with E-state index in [1.807, 2.05) is 0 Å². The van der Waals surface area contributed by atoms with Gasteiger partial charge in [-0.25, -0.2) is 4.98 Å². The van der Waals surface area contributed by atoms with Gasteiger partial charge >= 0.3 is 0 Å². The number of carbonyl (C=O) groups is 1. The second-order valence-corrected chi connectivity index (χ2v) is 4.60. The number of aromatic amines is 1. The van der Waals surface area contributed by atoms with Crippen LogP contribution in [0.25, 0.3) is 11.0 Å². The molecular formula is C14H21N5O2. The first-order valence-corrected chi connectivity index (χ1v) is 7.09. The lowest BCUT2D eigenvalue weighted by Gasteiger charge is -2.17. The summed E-state index contributed by atoms with van der Waals surface area (Å²) in [5, 5.41) is 9.71. The molecule has 21 heavy (non-hydrogen) atoms. The highest BCUT2D eigenvalue weighted by molar-refractivity contribution is 6.03. The van der Waals surface area contributed by atoms with Gasteiger partial charge in [0.05, 0.1) is 12.6 Å². The summed E-state index contributed by atoms with van der Waals surface area (Å²) in [4.78, 5) is 18.7. The first-order valence-electron chi connectivity index (χ1n) is 7.09. The van der Waals surface area contributed by atoms with E-state index >= 15 is 0 Å². The third kappa shape index (κ3) is 3.49. The molecule has 0 aliphatic heterocycles. The third-order valence-corrected chi connectivity index (χ3v) is 3.41. The molecule has 0 spiro atoms. The topological polar surface area (TPSA) is 83.1 Å². The third-order valence-electron chi connectivity index (χ3n) is 3.41. The monoisotopic (exact) mass is 291 g/mol. The van der Waals surface area contributed by atoms with Crippen molar-refractivity contribution in [2.45, 2.75) is 13.8 Å². The molecule has 0 bridgehead atoms. The predicted molar refractivity (Wildman–Crippen MR) is 80.6 cm³/mol. The zero-order valence-corrected chi connectivity index (χ0v) is 12.6. The van der Waals surface area contributed by atoms with Gasteiger partial charge in [-0.15, -0.1) is 0 Å². The molecule has 2 aromatic heterocycles. The van der Waals surface area contributed by atoms with Crippen molar-refractivity contribution in [1.29, 1.82) is 0 Å². The summed E-state index contributed by atoms with van der Waals surface area (Å²) in [6.07, 6.45) is 0. The smallest absolute Gasteiger partial charge is 0.274 e. The van der Waals surface area contributed by atoms with E-state index in [2.05, 4.69) is 39.2 Å². The number of aromatic nitrogens is 3. The van der Waals surface area contributed by atoms with Crippen LogP contribution in [0.4, 0.5) is 0 Å². The average Bonchev–Trinajstić information content (AvgIpc) is 2.94. The molecule has 1 amide bonds. The second kappa shape index (κ2) is 7.03. The van der Waals surface area contributed by atoms with Crippen LogP contribution in [0, 0.1) is 0 Å². The summed E-state index contributed by atoms with van der Waals surface area (Å²) in [5.74, 6) is 0.232. The van der Waals surface area contributed by atoms with Gasteiger partial charge in [0.1, 0.15) is 5.52 Å². The van der Waals surface area contributed by atoms with Crippen molar-refractivity contribution in [3.05, 3.63) is 17.8 Å². The molecule has 0 atom stereocenters. The fraction of sp³-hybridized carbons (Fsp3) is 0.500. The molecule has 2 rings (SSSR count). The Labute approximate surface area is 123 Å². The Morgan fingerprint density at radius 1 is 1.38 bits per heavy atom. The Morgan fingerprint density at radius 3 is 2.81 bits per heavy atom. The van der Waals surface area contributed by atoms with Crippen LogP contribution in [0.3, 0.4) is 0 Å². The number of pyridine rings is 1. The van der Waals surface area contributed by atoms with Crippen LogP contribution >= 0.6 is 0 Å². The van der Waals surface area contributed by atoms with E-state index in [4.69, 9.17) is 4.74 Å². The minimum Gasteiger partial charge on any atom is -0.481 e. The number of nitrogens with zero attached hydrogens (tertiary/aromatic N) is 3. The number of hydrogen-bond donors (Lipinski definition) is 2. The van der Waals surface area contributed by atoms with Crippen LogP contribution in [0.2, 0.25) is 0 Å². The molecule has 0 radical (unpaired) electrons. The van der Waals surface area contributed by atoms with Crippen LogP contribution in [-0.2, 0) is 0 Å². The maximum absolute atomic E-state index is 12.2. The maximum Gasteiger partial charge on any atom is 0.274 e. The largest absolute Gasteiger partial charge is 0.481 e. The van der Waals surface area contributed by atoms with Gasteiger partial charge in [0.25, 0.3) is 5.91 Å². The van der Waals surface area contributed by atoms with Crippen LogP contribution in [0.1, 0.15) is 24.3 Å². The van der Waals surface area contributed by atoms with E-state index in [9.17, 15) is 4.79 Å². The quantitative estimate of drug-likeness (QED) is 0.796. The summed E-state index contributed by atoms with van der Waals surface area (Å²) in [5.41, 5.74) is 1.53. The summed E-state index contributed by atoms with van der Waals surface area (Å²) < 4.78 is 5.08. The van der Waals surface area contributed by atoms with Crippen LogP contribution in [-0.4, -0.2) is 59.3 Å². The van der Waals surface area contributed by atoms with Crippen molar-refractivity contribution < 1.29 is 9.53 Å². The first kappa shape index (κ1) is 15.2. The number of nitrogens with one attached hydrogen (secondary N) is 2. The van der Waals surface area contributed by atoms with E-state index in [0.717, 1.165) is 19.6 Å². The Morgan fingerprint density at radius 2 is 2.14 bits per heavy atom. The summed E-state index contributed by atoms with van der Waals surface area (Å²) in [7, 11) is 1.54. The van der Waals surface area contributed by atoms with Gasteiger partial charge in [0.15, 0.2) is 5.69 Å². The van der Waals surface area contributed by atoms with E-state index in [1.165, 1.54) is 7.11 Å². The van der Waals surface area contributed by atoms with E-state index in [0.29, 0.717) is 29.2 Å². The molecule has 7 heteroatoms. The van der Waals surface area contributed by atoms with Gasteiger partial charge in [-0.3, -0.25) is 9.89 Å².